The third-order valence-corrected chi connectivity index (χ3v) is 3.17. The second-order valence-electron chi connectivity index (χ2n) is 5.95. The molecule has 2 nitrogen and oxygen atoms in total. The average molecular weight is 249 g/mol. The molecule has 2 N–H and O–H groups in total. The van der Waals surface area contributed by atoms with Crippen LogP contribution in [0.2, 0.25) is 0 Å². The highest BCUT2D eigenvalue weighted by molar-refractivity contribution is 5.25. The Labute approximate surface area is 111 Å². The van der Waals surface area contributed by atoms with E-state index in [0.29, 0.717) is 0 Å². The highest BCUT2D eigenvalue weighted by Gasteiger charge is 2.23. The van der Waals surface area contributed by atoms with E-state index in [0.717, 1.165) is 18.4 Å². The topological polar surface area (TPSA) is 32.3 Å². The fourth-order valence-electron chi connectivity index (χ4n) is 2.14. The van der Waals surface area contributed by atoms with Crippen LogP contribution in [0.5, 0.6) is 0 Å². The van der Waals surface area contributed by atoms with Gasteiger partial charge in [-0.25, -0.2) is 0 Å². The van der Waals surface area contributed by atoms with Crippen molar-refractivity contribution < 1.29 is 5.11 Å². The second kappa shape index (κ2) is 6.35. The maximum atomic E-state index is 10.4. The first kappa shape index (κ1) is 15.2. The van der Waals surface area contributed by atoms with Gasteiger partial charge < -0.3 is 10.4 Å². The number of aliphatic hydroxyl groups is 1. The number of nitrogens with one attached hydrogen (secondary N) is 1. The normalized spacial score (nSPS) is 15.4. The first-order chi connectivity index (χ1) is 8.37. The number of hydrogen-bond donors (Lipinski definition) is 2. The fourth-order valence-corrected chi connectivity index (χ4v) is 2.14. The van der Waals surface area contributed by atoms with Crippen molar-refractivity contribution in [2.45, 2.75) is 65.1 Å². The first-order valence-electron chi connectivity index (χ1n) is 6.92. The maximum Gasteiger partial charge on any atom is 0.0943 e. The largest absolute Gasteiger partial charge is 0.387 e. The molecule has 2 heteroatoms. The number of aryl methyl sites for hydroxylation is 1. The summed E-state index contributed by atoms with van der Waals surface area (Å²) in [5.41, 5.74) is 2.32. The van der Waals surface area contributed by atoms with Gasteiger partial charge in [-0.2, -0.15) is 0 Å². The van der Waals surface area contributed by atoms with E-state index >= 15 is 0 Å². The summed E-state index contributed by atoms with van der Waals surface area (Å²) in [7, 11) is 0. The summed E-state index contributed by atoms with van der Waals surface area (Å²) in [5, 5.41) is 13.9. The fraction of sp³-hybridized carbons (Fsp3) is 0.625. The third-order valence-electron chi connectivity index (χ3n) is 3.17. The molecule has 1 rings (SSSR count). The Morgan fingerprint density at radius 3 is 2.06 bits per heavy atom. The van der Waals surface area contributed by atoms with E-state index in [-0.39, 0.29) is 11.6 Å². The van der Waals surface area contributed by atoms with Crippen molar-refractivity contribution in [2.75, 3.05) is 0 Å². The van der Waals surface area contributed by atoms with Crippen LogP contribution in [-0.4, -0.2) is 16.7 Å². The molecule has 0 fully saturated rings. The van der Waals surface area contributed by atoms with Gasteiger partial charge in [0.25, 0.3) is 0 Å². The monoisotopic (exact) mass is 249 g/mol. The molecule has 0 bridgehead atoms. The summed E-state index contributed by atoms with van der Waals surface area (Å²) in [6.45, 7) is 10.6. The lowest BCUT2D eigenvalue weighted by molar-refractivity contribution is 0.111. The molecule has 0 saturated carbocycles. The van der Waals surface area contributed by atoms with Crippen LogP contribution in [0.25, 0.3) is 0 Å². The zero-order valence-electron chi connectivity index (χ0n) is 12.3. The Kier molecular flexibility index (Phi) is 5.36. The predicted molar refractivity (Wildman–Crippen MR) is 77.7 cm³/mol. The molecule has 1 aromatic rings. The van der Waals surface area contributed by atoms with Crippen LogP contribution in [0.3, 0.4) is 0 Å². The van der Waals surface area contributed by atoms with Gasteiger partial charge in [-0.3, -0.25) is 0 Å². The molecule has 0 saturated heterocycles. The van der Waals surface area contributed by atoms with Gasteiger partial charge in [-0.15, -0.1) is 0 Å². The summed E-state index contributed by atoms with van der Waals surface area (Å²) in [5.74, 6) is 0. The van der Waals surface area contributed by atoms with Crippen LogP contribution < -0.4 is 5.32 Å². The summed E-state index contributed by atoms with van der Waals surface area (Å²) in [6, 6.07) is 8.37. The minimum absolute atomic E-state index is 0.0189. The molecule has 2 atom stereocenters. The number of benzene rings is 1. The van der Waals surface area contributed by atoms with Crippen molar-refractivity contribution in [1.82, 2.24) is 5.32 Å². The molecule has 0 spiro atoms. The molecule has 0 aliphatic carbocycles. The molecule has 18 heavy (non-hydrogen) atoms. The van der Waals surface area contributed by atoms with E-state index in [1.165, 1.54) is 5.56 Å². The van der Waals surface area contributed by atoms with Gasteiger partial charge in [-0.05, 0) is 44.7 Å². The lowest BCUT2D eigenvalue weighted by atomic mass is 9.96. The average Bonchev–Trinajstić information content (AvgIpc) is 2.34. The van der Waals surface area contributed by atoms with E-state index in [2.05, 4.69) is 52.1 Å². The Hall–Kier alpha value is -0.860. The smallest absolute Gasteiger partial charge is 0.0943 e. The van der Waals surface area contributed by atoms with E-state index in [9.17, 15) is 5.11 Å². The van der Waals surface area contributed by atoms with Crippen LogP contribution in [-0.2, 0) is 6.42 Å². The van der Waals surface area contributed by atoms with E-state index in [4.69, 9.17) is 0 Å². The Morgan fingerprint density at radius 2 is 1.67 bits per heavy atom. The van der Waals surface area contributed by atoms with Crippen LogP contribution in [0.15, 0.2) is 24.3 Å². The Bertz CT molecular complexity index is 350. The molecule has 0 aliphatic heterocycles. The quantitative estimate of drug-likeness (QED) is 0.837. The van der Waals surface area contributed by atoms with Crippen LogP contribution in [0.4, 0.5) is 0 Å². The van der Waals surface area contributed by atoms with Gasteiger partial charge in [0.1, 0.15) is 0 Å². The second-order valence-corrected chi connectivity index (χ2v) is 5.95. The molecular weight excluding hydrogens is 222 g/mol. The number of aliphatic hydroxyl groups excluding tert-OH is 1. The van der Waals surface area contributed by atoms with Crippen LogP contribution in [0, 0.1) is 0 Å². The number of rotatable bonds is 5. The van der Waals surface area contributed by atoms with Gasteiger partial charge in [-0.1, -0.05) is 38.1 Å². The van der Waals surface area contributed by atoms with Crippen molar-refractivity contribution in [3.05, 3.63) is 35.4 Å². The molecule has 2 unspecified atom stereocenters. The molecule has 0 radical (unpaired) electrons. The minimum Gasteiger partial charge on any atom is -0.387 e. The van der Waals surface area contributed by atoms with Gasteiger partial charge in [0.05, 0.1) is 6.10 Å². The lowest BCUT2D eigenvalue weighted by Crippen LogP contribution is -2.46. The van der Waals surface area contributed by atoms with Crippen LogP contribution >= 0.6 is 0 Å². The highest BCUT2D eigenvalue weighted by Crippen LogP contribution is 2.21. The maximum absolute atomic E-state index is 10.4. The number of hydrogen-bond acceptors (Lipinski definition) is 2. The Balaban J connectivity index is 2.79. The summed E-state index contributed by atoms with van der Waals surface area (Å²) in [6.07, 6.45) is 1.50. The molecular formula is C16H27NO. The molecule has 0 aliphatic rings. The predicted octanol–water partition coefficient (Wildman–Crippen LogP) is 3.45. The van der Waals surface area contributed by atoms with Crippen molar-refractivity contribution in [1.29, 1.82) is 0 Å². The van der Waals surface area contributed by atoms with Crippen molar-refractivity contribution in [3.8, 4) is 0 Å². The van der Waals surface area contributed by atoms with E-state index in [1.54, 1.807) is 0 Å². The van der Waals surface area contributed by atoms with Crippen molar-refractivity contribution in [3.63, 3.8) is 0 Å². The highest BCUT2D eigenvalue weighted by atomic mass is 16.3. The summed E-state index contributed by atoms with van der Waals surface area (Å²) >= 11 is 0. The third kappa shape index (κ3) is 4.43. The zero-order chi connectivity index (χ0) is 13.8. The standard InChI is InChI=1S/C16H27NO/c1-6-12-8-10-13(11-9-12)15(18)14(7-2)17-16(3,4)5/h8-11,14-15,17-18H,6-7H2,1-5H3. The minimum atomic E-state index is -0.444. The molecule has 102 valence electrons. The SMILES string of the molecule is CCc1ccc(C(O)C(CC)NC(C)(C)C)cc1. The Morgan fingerprint density at radius 1 is 1.11 bits per heavy atom. The molecule has 0 amide bonds. The van der Waals surface area contributed by atoms with Gasteiger partial charge in [0.2, 0.25) is 0 Å². The lowest BCUT2D eigenvalue weighted by Gasteiger charge is -2.31. The van der Waals surface area contributed by atoms with E-state index in [1.807, 2.05) is 12.1 Å². The van der Waals surface area contributed by atoms with Gasteiger partial charge >= 0.3 is 0 Å². The molecule has 0 heterocycles. The zero-order valence-corrected chi connectivity index (χ0v) is 12.3. The van der Waals surface area contributed by atoms with Crippen molar-refractivity contribution >= 4 is 0 Å². The summed E-state index contributed by atoms with van der Waals surface area (Å²) in [4.78, 5) is 0. The first-order valence-corrected chi connectivity index (χ1v) is 6.92. The van der Waals surface area contributed by atoms with Gasteiger partial charge in [0.15, 0.2) is 0 Å². The van der Waals surface area contributed by atoms with Crippen molar-refractivity contribution in [2.24, 2.45) is 0 Å². The summed E-state index contributed by atoms with van der Waals surface area (Å²) < 4.78 is 0. The van der Waals surface area contributed by atoms with E-state index < -0.39 is 6.10 Å². The van der Waals surface area contributed by atoms with Crippen LogP contribution in [0.1, 0.15) is 58.3 Å². The molecule has 1 aromatic carbocycles. The van der Waals surface area contributed by atoms with Gasteiger partial charge in [0, 0.05) is 11.6 Å². The molecule has 0 aromatic heterocycles.